The first-order chi connectivity index (χ1) is 10.7. The van der Waals surface area contributed by atoms with Gasteiger partial charge in [0.25, 0.3) is 5.91 Å². The first kappa shape index (κ1) is 16.1. The molecule has 22 heavy (non-hydrogen) atoms. The Hall–Kier alpha value is -2.28. The molecule has 0 saturated heterocycles. The van der Waals surface area contributed by atoms with Crippen LogP contribution in [-0.4, -0.2) is 30.7 Å². The molecular weight excluding hydrogens is 307 g/mol. The minimum Gasteiger partial charge on any atom is -0.459 e. The molecular formula is C15H15FN2O3S. The molecule has 0 bridgehead atoms. The highest BCUT2D eigenvalue weighted by atomic mass is 32.2. The van der Waals surface area contributed by atoms with Crippen molar-refractivity contribution in [3.05, 3.63) is 54.2 Å². The van der Waals surface area contributed by atoms with Crippen LogP contribution in [0.5, 0.6) is 0 Å². The molecule has 0 radical (unpaired) electrons. The molecule has 2 aromatic rings. The quantitative estimate of drug-likeness (QED) is 0.605. The third-order valence-electron chi connectivity index (χ3n) is 2.67. The molecule has 0 saturated carbocycles. The minimum atomic E-state index is -0.342. The predicted molar refractivity (Wildman–Crippen MR) is 81.2 cm³/mol. The molecule has 0 aliphatic heterocycles. The molecule has 0 unspecified atom stereocenters. The normalized spacial score (nSPS) is 10.2. The van der Waals surface area contributed by atoms with Crippen LogP contribution in [0.4, 0.5) is 4.39 Å². The van der Waals surface area contributed by atoms with Crippen molar-refractivity contribution in [1.29, 1.82) is 0 Å². The molecule has 2 N–H and O–H groups in total. The summed E-state index contributed by atoms with van der Waals surface area (Å²) >= 11 is 1.13. The summed E-state index contributed by atoms with van der Waals surface area (Å²) in [7, 11) is 0. The van der Waals surface area contributed by atoms with Crippen LogP contribution in [0.25, 0.3) is 0 Å². The van der Waals surface area contributed by atoms with Crippen molar-refractivity contribution in [2.75, 3.05) is 18.8 Å². The summed E-state index contributed by atoms with van der Waals surface area (Å²) in [5, 5.41) is 5.25. The number of nitrogens with one attached hydrogen (secondary N) is 2. The van der Waals surface area contributed by atoms with Gasteiger partial charge in [-0.15, -0.1) is 11.8 Å². The van der Waals surface area contributed by atoms with E-state index < -0.39 is 0 Å². The average Bonchev–Trinajstić information content (AvgIpc) is 3.05. The maximum absolute atomic E-state index is 13.4. The van der Waals surface area contributed by atoms with Gasteiger partial charge in [-0.25, -0.2) is 4.39 Å². The molecule has 1 aromatic heterocycles. The predicted octanol–water partition coefficient (Wildman–Crippen LogP) is 2.06. The summed E-state index contributed by atoms with van der Waals surface area (Å²) in [6, 6.07) is 9.46. The van der Waals surface area contributed by atoms with E-state index in [9.17, 15) is 14.0 Å². The highest BCUT2D eigenvalue weighted by Crippen LogP contribution is 2.20. The molecule has 1 heterocycles. The van der Waals surface area contributed by atoms with Crippen molar-refractivity contribution >= 4 is 23.6 Å². The Balaban J connectivity index is 1.62. The SMILES string of the molecule is O=C(CSc1ccccc1F)NCCNC(=O)c1ccco1. The van der Waals surface area contributed by atoms with Crippen LogP contribution in [0.3, 0.4) is 0 Å². The van der Waals surface area contributed by atoms with E-state index in [0.29, 0.717) is 11.4 Å². The highest BCUT2D eigenvalue weighted by molar-refractivity contribution is 8.00. The van der Waals surface area contributed by atoms with Gasteiger partial charge in [-0.05, 0) is 24.3 Å². The first-order valence-corrected chi connectivity index (χ1v) is 7.61. The van der Waals surface area contributed by atoms with E-state index in [4.69, 9.17) is 4.42 Å². The van der Waals surface area contributed by atoms with Gasteiger partial charge in [-0.1, -0.05) is 12.1 Å². The van der Waals surface area contributed by atoms with Crippen molar-refractivity contribution in [2.24, 2.45) is 0 Å². The van der Waals surface area contributed by atoms with Crippen LogP contribution in [0.15, 0.2) is 52.0 Å². The minimum absolute atomic E-state index is 0.118. The fraction of sp³-hybridized carbons (Fsp3) is 0.200. The summed E-state index contributed by atoms with van der Waals surface area (Å²) in [4.78, 5) is 23.6. The summed E-state index contributed by atoms with van der Waals surface area (Å²) in [6.45, 7) is 0.582. The number of benzene rings is 1. The zero-order chi connectivity index (χ0) is 15.8. The van der Waals surface area contributed by atoms with E-state index in [1.807, 2.05) is 0 Å². The summed E-state index contributed by atoms with van der Waals surface area (Å²) < 4.78 is 18.3. The third-order valence-corrected chi connectivity index (χ3v) is 3.72. The molecule has 0 aliphatic rings. The molecule has 116 valence electrons. The maximum Gasteiger partial charge on any atom is 0.287 e. The van der Waals surface area contributed by atoms with Gasteiger partial charge in [0, 0.05) is 18.0 Å². The Morgan fingerprint density at radius 2 is 1.86 bits per heavy atom. The van der Waals surface area contributed by atoms with Gasteiger partial charge < -0.3 is 15.1 Å². The van der Waals surface area contributed by atoms with Gasteiger partial charge in [0.2, 0.25) is 5.91 Å². The topological polar surface area (TPSA) is 71.3 Å². The van der Waals surface area contributed by atoms with Gasteiger partial charge in [-0.3, -0.25) is 9.59 Å². The van der Waals surface area contributed by atoms with Crippen molar-refractivity contribution in [3.63, 3.8) is 0 Å². The molecule has 0 atom stereocenters. The van der Waals surface area contributed by atoms with Crippen LogP contribution >= 0.6 is 11.8 Å². The van der Waals surface area contributed by atoms with Crippen LogP contribution in [0, 0.1) is 5.82 Å². The summed E-state index contributed by atoms with van der Waals surface area (Å²) in [6.07, 6.45) is 1.41. The largest absolute Gasteiger partial charge is 0.459 e. The monoisotopic (exact) mass is 322 g/mol. The standard InChI is InChI=1S/C15H15FN2O3S/c16-11-4-1-2-6-13(11)22-10-14(19)17-7-8-18-15(20)12-5-3-9-21-12/h1-6,9H,7-8,10H2,(H,17,19)(H,18,20). The van der Waals surface area contributed by atoms with Crippen molar-refractivity contribution < 1.29 is 18.4 Å². The number of hydrogen-bond acceptors (Lipinski definition) is 4. The number of furan rings is 1. The van der Waals surface area contributed by atoms with Gasteiger partial charge in [0.15, 0.2) is 5.76 Å². The van der Waals surface area contributed by atoms with Gasteiger partial charge in [-0.2, -0.15) is 0 Å². The highest BCUT2D eigenvalue weighted by Gasteiger charge is 2.08. The Labute approximate surface area is 131 Å². The Morgan fingerprint density at radius 1 is 1.09 bits per heavy atom. The van der Waals surface area contributed by atoms with Gasteiger partial charge >= 0.3 is 0 Å². The molecule has 0 aliphatic carbocycles. The lowest BCUT2D eigenvalue weighted by Gasteiger charge is -2.06. The van der Waals surface area contributed by atoms with Crippen molar-refractivity contribution in [1.82, 2.24) is 10.6 Å². The molecule has 2 rings (SSSR count). The zero-order valence-electron chi connectivity index (χ0n) is 11.7. The van der Waals surface area contributed by atoms with Gasteiger partial charge in [0.1, 0.15) is 5.82 Å². The van der Waals surface area contributed by atoms with E-state index in [1.165, 1.54) is 12.3 Å². The number of halogens is 1. The average molecular weight is 322 g/mol. The van der Waals surface area contributed by atoms with E-state index in [-0.39, 0.29) is 35.7 Å². The maximum atomic E-state index is 13.4. The van der Waals surface area contributed by atoms with E-state index in [2.05, 4.69) is 10.6 Å². The zero-order valence-corrected chi connectivity index (χ0v) is 12.5. The second kappa shape index (κ2) is 8.23. The fourth-order valence-corrected chi connectivity index (χ4v) is 2.40. The van der Waals surface area contributed by atoms with E-state index in [0.717, 1.165) is 11.8 Å². The lowest BCUT2D eigenvalue weighted by molar-refractivity contribution is -0.118. The van der Waals surface area contributed by atoms with Crippen molar-refractivity contribution in [2.45, 2.75) is 4.90 Å². The van der Waals surface area contributed by atoms with Crippen LogP contribution in [-0.2, 0) is 4.79 Å². The fourth-order valence-electron chi connectivity index (χ4n) is 1.63. The van der Waals surface area contributed by atoms with Gasteiger partial charge in [0.05, 0.1) is 12.0 Å². The number of hydrogen-bond donors (Lipinski definition) is 2. The second-order valence-corrected chi connectivity index (χ2v) is 5.32. The number of thioether (sulfide) groups is 1. The van der Waals surface area contributed by atoms with E-state index >= 15 is 0 Å². The number of amides is 2. The van der Waals surface area contributed by atoms with E-state index in [1.54, 1.807) is 30.3 Å². The molecule has 2 amide bonds. The van der Waals surface area contributed by atoms with Crippen LogP contribution in [0.1, 0.15) is 10.6 Å². The molecule has 1 aromatic carbocycles. The number of rotatable bonds is 7. The molecule has 7 heteroatoms. The van der Waals surface area contributed by atoms with Crippen LogP contribution < -0.4 is 10.6 Å². The Bertz CT molecular complexity index is 631. The second-order valence-electron chi connectivity index (χ2n) is 4.30. The number of carbonyl (C=O) groups excluding carboxylic acids is 2. The first-order valence-electron chi connectivity index (χ1n) is 6.62. The third kappa shape index (κ3) is 4.92. The lowest BCUT2D eigenvalue weighted by atomic mass is 10.3. The lowest BCUT2D eigenvalue weighted by Crippen LogP contribution is -2.35. The van der Waals surface area contributed by atoms with Crippen LogP contribution in [0.2, 0.25) is 0 Å². The summed E-state index contributed by atoms with van der Waals surface area (Å²) in [5.74, 6) is -0.555. The Kier molecular flexibility index (Phi) is 6.02. The number of carbonyl (C=O) groups is 2. The smallest absolute Gasteiger partial charge is 0.287 e. The van der Waals surface area contributed by atoms with Crippen molar-refractivity contribution in [3.8, 4) is 0 Å². The summed E-state index contributed by atoms with van der Waals surface area (Å²) in [5.41, 5.74) is 0. The molecule has 0 fully saturated rings. The Morgan fingerprint density at radius 3 is 2.59 bits per heavy atom. The molecule has 0 spiro atoms. The molecule has 5 nitrogen and oxygen atoms in total.